The van der Waals surface area contributed by atoms with Crippen LogP contribution in [0.4, 0.5) is 0 Å². The van der Waals surface area contributed by atoms with E-state index in [2.05, 4.69) is 5.32 Å². The minimum atomic E-state index is -0.966. The van der Waals surface area contributed by atoms with Gasteiger partial charge < -0.3 is 30.0 Å². The summed E-state index contributed by atoms with van der Waals surface area (Å²) in [5, 5.41) is 3.40. The fraction of sp³-hybridized carbons (Fsp3) is 0.343. The van der Waals surface area contributed by atoms with Gasteiger partial charge in [0, 0.05) is 19.1 Å². The number of carbonyl (C=O) groups is 1. The Morgan fingerprint density at radius 3 is 2.26 bits per heavy atom. The zero-order valence-electron chi connectivity index (χ0n) is 24.5. The lowest BCUT2D eigenvalue weighted by molar-refractivity contribution is -0.121. The summed E-state index contributed by atoms with van der Waals surface area (Å²) >= 11 is 0. The van der Waals surface area contributed by atoms with Gasteiger partial charge in [-0.25, -0.2) is 0 Å². The molecule has 3 aromatic rings. The Bertz CT molecular complexity index is 1260. The predicted octanol–water partition coefficient (Wildman–Crippen LogP) is 5.64. The summed E-state index contributed by atoms with van der Waals surface area (Å²) in [5.41, 5.74) is 8.81. The standard InChI is InChI=1S/C35H42N2O5/c1-3-40-26-41-32-19-18-27(24-33(32)39-2)12-10-11-17-30(38)25-34(36)35(28-13-6-4-7-14-28,29-15-8-5-9-16-29)42-31-20-22-37-23-21-31/h4-19,24,31,34,37H,3,20-23,25-26,36H2,1-2H3. The SMILES string of the molecule is CCOCOc1ccc(C=CC=CC(=O)CC(N)C(OC2CCNCC2)(c2ccccc2)c2ccccc2)cc1OC. The van der Waals surface area contributed by atoms with E-state index in [-0.39, 0.29) is 25.1 Å². The van der Waals surface area contributed by atoms with Crippen molar-refractivity contribution in [2.45, 2.75) is 43.9 Å². The van der Waals surface area contributed by atoms with Gasteiger partial charge in [-0.15, -0.1) is 0 Å². The van der Waals surface area contributed by atoms with Crippen LogP contribution in [0.2, 0.25) is 0 Å². The van der Waals surface area contributed by atoms with E-state index >= 15 is 0 Å². The van der Waals surface area contributed by atoms with Gasteiger partial charge in [0.05, 0.1) is 13.2 Å². The van der Waals surface area contributed by atoms with Crippen molar-refractivity contribution in [2.75, 3.05) is 33.6 Å². The zero-order chi connectivity index (χ0) is 29.6. The van der Waals surface area contributed by atoms with Crippen LogP contribution in [0.25, 0.3) is 6.08 Å². The molecule has 42 heavy (non-hydrogen) atoms. The van der Waals surface area contributed by atoms with Crippen LogP contribution in [0.1, 0.15) is 42.9 Å². The summed E-state index contributed by atoms with van der Waals surface area (Å²) < 4.78 is 23.3. The first-order chi connectivity index (χ1) is 20.6. The van der Waals surface area contributed by atoms with E-state index < -0.39 is 11.6 Å². The average molecular weight is 571 g/mol. The molecule has 3 N–H and O–H groups in total. The van der Waals surface area contributed by atoms with Gasteiger partial charge in [0.25, 0.3) is 0 Å². The monoisotopic (exact) mass is 570 g/mol. The number of carbonyl (C=O) groups excluding carboxylic acids is 1. The smallest absolute Gasteiger partial charge is 0.189 e. The van der Waals surface area contributed by atoms with Crippen molar-refractivity contribution in [1.29, 1.82) is 0 Å². The van der Waals surface area contributed by atoms with E-state index in [0.29, 0.717) is 18.1 Å². The summed E-state index contributed by atoms with van der Waals surface area (Å²) in [7, 11) is 1.60. The van der Waals surface area contributed by atoms with Crippen molar-refractivity contribution < 1.29 is 23.7 Å². The van der Waals surface area contributed by atoms with Gasteiger partial charge in [-0.3, -0.25) is 4.79 Å². The largest absolute Gasteiger partial charge is 0.493 e. The number of benzene rings is 3. The summed E-state index contributed by atoms with van der Waals surface area (Å²) in [4.78, 5) is 13.2. The van der Waals surface area contributed by atoms with Crippen molar-refractivity contribution in [3.8, 4) is 11.5 Å². The molecule has 0 saturated carbocycles. The van der Waals surface area contributed by atoms with Gasteiger partial charge in [0.1, 0.15) is 5.60 Å². The molecule has 222 valence electrons. The molecule has 0 spiro atoms. The summed E-state index contributed by atoms with van der Waals surface area (Å²) in [5.74, 6) is 1.14. The van der Waals surface area contributed by atoms with Crippen LogP contribution in [-0.2, 0) is 19.9 Å². The molecule has 1 aliphatic heterocycles. The minimum absolute atomic E-state index is 0.0271. The number of hydrogen-bond acceptors (Lipinski definition) is 7. The van der Waals surface area contributed by atoms with Crippen molar-refractivity contribution in [3.05, 3.63) is 114 Å². The van der Waals surface area contributed by atoms with Crippen LogP contribution >= 0.6 is 0 Å². The Hall–Kier alpha value is -3.75. The van der Waals surface area contributed by atoms with E-state index in [1.54, 1.807) is 19.3 Å². The molecule has 0 aliphatic carbocycles. The zero-order valence-corrected chi connectivity index (χ0v) is 24.5. The highest BCUT2D eigenvalue weighted by Crippen LogP contribution is 2.40. The summed E-state index contributed by atoms with van der Waals surface area (Å²) in [6.45, 7) is 4.43. The molecule has 1 aliphatic rings. The molecule has 7 heteroatoms. The van der Waals surface area contributed by atoms with Crippen molar-refractivity contribution in [2.24, 2.45) is 5.73 Å². The molecule has 0 bridgehead atoms. The summed E-state index contributed by atoms with van der Waals surface area (Å²) in [6, 6.07) is 25.1. The topological polar surface area (TPSA) is 92.0 Å². The lowest BCUT2D eigenvalue weighted by Gasteiger charge is -2.43. The molecule has 0 aromatic heterocycles. The number of nitrogens with two attached hydrogens (primary N) is 1. The Kier molecular flexibility index (Phi) is 11.9. The first kappa shape index (κ1) is 31.2. The highest BCUT2D eigenvalue weighted by atomic mass is 16.7. The quantitative estimate of drug-likeness (QED) is 0.106. The highest BCUT2D eigenvalue weighted by Gasteiger charge is 2.44. The third-order valence-electron chi connectivity index (χ3n) is 7.36. The lowest BCUT2D eigenvalue weighted by atomic mass is 9.78. The molecular weight excluding hydrogens is 528 g/mol. The minimum Gasteiger partial charge on any atom is -0.493 e. The molecule has 4 rings (SSSR count). The Balaban J connectivity index is 1.51. The Labute approximate surface area is 249 Å². The first-order valence-corrected chi connectivity index (χ1v) is 14.6. The van der Waals surface area contributed by atoms with Crippen LogP contribution < -0.4 is 20.5 Å². The molecule has 0 amide bonds. The van der Waals surface area contributed by atoms with Crippen LogP contribution in [-0.4, -0.2) is 51.5 Å². The maximum atomic E-state index is 13.2. The second-order valence-electron chi connectivity index (χ2n) is 10.2. The van der Waals surface area contributed by atoms with Gasteiger partial charge in [-0.05, 0) is 67.8 Å². The average Bonchev–Trinajstić information content (AvgIpc) is 3.03. The summed E-state index contributed by atoms with van der Waals surface area (Å²) in [6.07, 6.45) is 8.95. The third-order valence-corrected chi connectivity index (χ3v) is 7.36. The van der Waals surface area contributed by atoms with E-state index in [9.17, 15) is 4.79 Å². The van der Waals surface area contributed by atoms with Crippen LogP contribution in [0.15, 0.2) is 97.1 Å². The number of ether oxygens (including phenoxy) is 4. The van der Waals surface area contributed by atoms with Crippen molar-refractivity contribution in [1.82, 2.24) is 5.32 Å². The fourth-order valence-corrected chi connectivity index (χ4v) is 5.22. The lowest BCUT2D eigenvalue weighted by Crippen LogP contribution is -2.52. The second kappa shape index (κ2) is 16.0. The maximum Gasteiger partial charge on any atom is 0.189 e. The highest BCUT2D eigenvalue weighted by molar-refractivity contribution is 5.90. The van der Waals surface area contributed by atoms with Crippen molar-refractivity contribution >= 4 is 11.9 Å². The number of methoxy groups -OCH3 is 1. The van der Waals surface area contributed by atoms with Crippen molar-refractivity contribution in [3.63, 3.8) is 0 Å². The number of allylic oxidation sites excluding steroid dienone is 3. The maximum absolute atomic E-state index is 13.2. The third kappa shape index (κ3) is 8.17. The van der Waals surface area contributed by atoms with Crippen LogP contribution in [0, 0.1) is 0 Å². The molecular formula is C35H42N2O5. The van der Waals surface area contributed by atoms with Gasteiger partial charge >= 0.3 is 0 Å². The first-order valence-electron chi connectivity index (χ1n) is 14.6. The fourth-order valence-electron chi connectivity index (χ4n) is 5.22. The van der Waals surface area contributed by atoms with E-state index in [4.69, 9.17) is 24.7 Å². The normalized spacial score (nSPS) is 15.2. The Morgan fingerprint density at radius 1 is 0.976 bits per heavy atom. The second-order valence-corrected chi connectivity index (χ2v) is 10.2. The molecule has 1 fully saturated rings. The predicted molar refractivity (Wildman–Crippen MR) is 167 cm³/mol. The van der Waals surface area contributed by atoms with Gasteiger partial charge in [0.2, 0.25) is 0 Å². The number of hydrogen-bond donors (Lipinski definition) is 2. The molecule has 1 unspecified atom stereocenters. The number of ketones is 1. The van der Waals surface area contributed by atoms with Crippen LogP contribution in [0.5, 0.6) is 11.5 Å². The molecule has 1 saturated heterocycles. The molecule has 0 radical (unpaired) electrons. The molecule has 3 aromatic carbocycles. The number of nitrogens with one attached hydrogen (secondary N) is 1. The Morgan fingerprint density at radius 2 is 1.64 bits per heavy atom. The van der Waals surface area contributed by atoms with Gasteiger partial charge in [-0.2, -0.15) is 0 Å². The number of rotatable bonds is 15. The van der Waals surface area contributed by atoms with Gasteiger partial charge in [-0.1, -0.05) is 85.0 Å². The molecule has 1 heterocycles. The van der Waals surface area contributed by atoms with E-state index in [1.807, 2.05) is 97.9 Å². The van der Waals surface area contributed by atoms with Crippen LogP contribution in [0.3, 0.4) is 0 Å². The number of piperidine rings is 1. The van der Waals surface area contributed by atoms with E-state index in [1.165, 1.54) is 0 Å². The van der Waals surface area contributed by atoms with E-state index in [0.717, 1.165) is 42.6 Å². The molecule has 1 atom stereocenters. The molecule has 7 nitrogen and oxygen atoms in total. The van der Waals surface area contributed by atoms with Gasteiger partial charge in [0.15, 0.2) is 24.1 Å².